The van der Waals surface area contributed by atoms with Crippen molar-refractivity contribution in [3.63, 3.8) is 0 Å². The molecule has 6 heteroatoms. The molecule has 0 saturated heterocycles. The zero-order valence-electron chi connectivity index (χ0n) is 10.8. The van der Waals surface area contributed by atoms with E-state index in [1.165, 1.54) is 0 Å². The zero-order chi connectivity index (χ0) is 13.5. The van der Waals surface area contributed by atoms with E-state index in [4.69, 9.17) is 5.73 Å². The molecule has 5 nitrogen and oxygen atoms in total. The summed E-state index contributed by atoms with van der Waals surface area (Å²) in [5.41, 5.74) is 5.84. The fourth-order valence-corrected chi connectivity index (χ4v) is 3.62. The van der Waals surface area contributed by atoms with Gasteiger partial charge in [0.2, 0.25) is 0 Å². The highest BCUT2D eigenvalue weighted by atomic mass is 32.2. The first-order valence-corrected chi connectivity index (χ1v) is 7.73. The molecular weight excluding hydrogens is 242 g/mol. The Morgan fingerprint density at radius 1 is 1.29 bits per heavy atom. The van der Waals surface area contributed by atoms with Crippen molar-refractivity contribution in [2.75, 3.05) is 12.4 Å². The number of carbonyl (C=O) groups is 1. The topological polar surface area (TPSA) is 86.5 Å². The molecular formula is C11H23NO4S. The maximum absolute atomic E-state index is 12.0. The van der Waals surface area contributed by atoms with Crippen LogP contribution in [0.3, 0.4) is 0 Å². The maximum atomic E-state index is 12.0. The number of hydrogen-bond acceptors (Lipinski definition) is 5. The minimum absolute atomic E-state index is 0.187. The molecule has 2 unspecified atom stereocenters. The Kier molecular flexibility index (Phi) is 7.38. The van der Waals surface area contributed by atoms with E-state index in [2.05, 4.69) is 4.74 Å². The molecule has 0 aromatic heterocycles. The second-order valence-corrected chi connectivity index (χ2v) is 6.23. The Bertz CT molecular complexity index is 326. The Labute approximate surface area is 104 Å². The average Bonchev–Trinajstić information content (AvgIpc) is 2.17. The van der Waals surface area contributed by atoms with E-state index in [1.54, 1.807) is 13.8 Å². The van der Waals surface area contributed by atoms with Gasteiger partial charge in [0.25, 0.3) is 0 Å². The van der Waals surface area contributed by atoms with Crippen LogP contribution in [0.15, 0.2) is 0 Å². The summed E-state index contributed by atoms with van der Waals surface area (Å²) >= 11 is 0. The average molecular weight is 265 g/mol. The normalized spacial score (nSPS) is 15.3. The Hall–Kier alpha value is -0.620. The summed E-state index contributed by atoms with van der Waals surface area (Å²) in [7, 11) is -3.51. The fourth-order valence-electron chi connectivity index (χ4n) is 1.82. The largest absolute Gasteiger partial charge is 0.465 e. The van der Waals surface area contributed by atoms with Crippen LogP contribution in [-0.2, 0) is 19.4 Å². The number of hydrogen-bond donors (Lipinski definition) is 1. The van der Waals surface area contributed by atoms with Crippen LogP contribution in [0.5, 0.6) is 0 Å². The fraction of sp³-hybridized carbons (Fsp3) is 0.909. The van der Waals surface area contributed by atoms with Gasteiger partial charge in [-0.15, -0.1) is 0 Å². The minimum atomic E-state index is -3.51. The summed E-state index contributed by atoms with van der Waals surface area (Å²) in [6, 6.07) is -0.413. The van der Waals surface area contributed by atoms with Crippen LogP contribution in [0.4, 0.5) is 0 Å². The van der Waals surface area contributed by atoms with Gasteiger partial charge < -0.3 is 10.5 Å². The smallest absolute Gasteiger partial charge is 0.321 e. The van der Waals surface area contributed by atoms with Crippen molar-refractivity contribution in [3.05, 3.63) is 0 Å². The highest BCUT2D eigenvalue weighted by molar-refractivity contribution is 7.92. The number of ether oxygens (including phenoxy) is 1. The maximum Gasteiger partial charge on any atom is 0.321 e. The van der Waals surface area contributed by atoms with Gasteiger partial charge in [0.05, 0.1) is 11.9 Å². The van der Waals surface area contributed by atoms with E-state index >= 15 is 0 Å². The van der Waals surface area contributed by atoms with Crippen molar-refractivity contribution in [3.8, 4) is 0 Å². The summed E-state index contributed by atoms with van der Waals surface area (Å²) < 4.78 is 28.6. The molecule has 2 N–H and O–H groups in total. The first-order valence-electron chi connectivity index (χ1n) is 6.01. The van der Waals surface area contributed by atoms with Gasteiger partial charge in [-0.1, -0.05) is 20.3 Å². The standard InChI is InChI=1S/C11H23NO4S/c1-4-7-9(12)10(5-2)17(14,15)8-11(13)16-6-3/h9-10H,4-8,12H2,1-3H3. The molecule has 0 aliphatic carbocycles. The Balaban J connectivity index is 4.69. The molecule has 0 fully saturated rings. The highest BCUT2D eigenvalue weighted by Crippen LogP contribution is 2.14. The number of carbonyl (C=O) groups excluding carboxylic acids is 1. The van der Waals surface area contributed by atoms with E-state index in [0.29, 0.717) is 12.8 Å². The molecule has 0 aliphatic heterocycles. The molecule has 0 saturated carbocycles. The predicted octanol–water partition coefficient (Wildman–Crippen LogP) is 0.870. The number of esters is 1. The van der Waals surface area contributed by atoms with Crippen molar-refractivity contribution in [1.29, 1.82) is 0 Å². The van der Waals surface area contributed by atoms with Crippen molar-refractivity contribution in [2.45, 2.75) is 51.3 Å². The lowest BCUT2D eigenvalue weighted by molar-refractivity contribution is -0.139. The van der Waals surface area contributed by atoms with Crippen LogP contribution in [0.2, 0.25) is 0 Å². The molecule has 0 aromatic carbocycles. The van der Waals surface area contributed by atoms with E-state index in [1.807, 2.05) is 6.92 Å². The Morgan fingerprint density at radius 2 is 1.88 bits per heavy atom. The molecule has 102 valence electrons. The second-order valence-electron chi connectivity index (χ2n) is 4.01. The third-order valence-electron chi connectivity index (χ3n) is 2.59. The van der Waals surface area contributed by atoms with Gasteiger partial charge in [0.1, 0.15) is 5.75 Å². The van der Waals surface area contributed by atoms with Crippen LogP contribution < -0.4 is 5.73 Å². The first kappa shape index (κ1) is 16.4. The summed E-state index contributed by atoms with van der Waals surface area (Å²) in [4.78, 5) is 11.2. The van der Waals surface area contributed by atoms with E-state index in [-0.39, 0.29) is 6.61 Å². The van der Waals surface area contributed by atoms with Crippen LogP contribution >= 0.6 is 0 Å². The summed E-state index contributed by atoms with van der Waals surface area (Å²) in [6.07, 6.45) is 1.88. The quantitative estimate of drug-likeness (QED) is 0.658. The SMILES string of the molecule is CCCC(N)C(CC)S(=O)(=O)CC(=O)OCC. The van der Waals surface area contributed by atoms with Crippen molar-refractivity contribution >= 4 is 15.8 Å². The molecule has 0 amide bonds. The lowest BCUT2D eigenvalue weighted by atomic mass is 10.1. The molecule has 0 aromatic rings. The number of nitrogens with two attached hydrogens (primary N) is 1. The lowest BCUT2D eigenvalue weighted by Gasteiger charge is -2.21. The summed E-state index contributed by atoms with van der Waals surface area (Å²) in [5.74, 6) is -1.27. The highest BCUT2D eigenvalue weighted by Gasteiger charge is 2.31. The van der Waals surface area contributed by atoms with E-state index < -0.39 is 32.9 Å². The summed E-state index contributed by atoms with van der Waals surface area (Å²) in [5, 5.41) is -0.660. The van der Waals surface area contributed by atoms with Gasteiger partial charge in [-0.25, -0.2) is 8.42 Å². The van der Waals surface area contributed by atoms with Gasteiger partial charge in [0.15, 0.2) is 9.84 Å². The zero-order valence-corrected chi connectivity index (χ0v) is 11.6. The monoisotopic (exact) mass is 265 g/mol. The van der Waals surface area contributed by atoms with Crippen molar-refractivity contribution < 1.29 is 17.9 Å². The minimum Gasteiger partial charge on any atom is -0.465 e. The molecule has 0 radical (unpaired) electrons. The van der Waals surface area contributed by atoms with Crippen LogP contribution in [-0.4, -0.2) is 38.0 Å². The van der Waals surface area contributed by atoms with E-state index in [9.17, 15) is 13.2 Å². The van der Waals surface area contributed by atoms with Gasteiger partial charge in [-0.2, -0.15) is 0 Å². The lowest BCUT2D eigenvalue weighted by Crippen LogP contribution is -2.42. The molecule has 0 bridgehead atoms. The second kappa shape index (κ2) is 7.66. The predicted molar refractivity (Wildman–Crippen MR) is 67.4 cm³/mol. The Morgan fingerprint density at radius 3 is 2.29 bits per heavy atom. The third kappa shape index (κ3) is 5.50. The first-order chi connectivity index (χ1) is 7.88. The van der Waals surface area contributed by atoms with E-state index in [0.717, 1.165) is 6.42 Å². The van der Waals surface area contributed by atoms with Crippen molar-refractivity contribution in [2.24, 2.45) is 5.73 Å². The molecule has 0 rings (SSSR count). The van der Waals surface area contributed by atoms with Crippen LogP contribution in [0.25, 0.3) is 0 Å². The van der Waals surface area contributed by atoms with Crippen LogP contribution in [0, 0.1) is 0 Å². The molecule has 0 aliphatic rings. The number of rotatable bonds is 8. The van der Waals surface area contributed by atoms with Gasteiger partial charge >= 0.3 is 5.97 Å². The molecule has 2 atom stereocenters. The van der Waals surface area contributed by atoms with Gasteiger partial charge in [0, 0.05) is 6.04 Å². The molecule has 0 spiro atoms. The van der Waals surface area contributed by atoms with Gasteiger partial charge in [-0.3, -0.25) is 4.79 Å². The van der Waals surface area contributed by atoms with Crippen molar-refractivity contribution in [1.82, 2.24) is 0 Å². The summed E-state index contributed by atoms with van der Waals surface area (Å²) in [6.45, 7) is 5.55. The number of sulfone groups is 1. The third-order valence-corrected chi connectivity index (χ3v) is 4.83. The van der Waals surface area contributed by atoms with Gasteiger partial charge in [-0.05, 0) is 19.8 Å². The molecule has 0 heterocycles. The van der Waals surface area contributed by atoms with Crippen LogP contribution in [0.1, 0.15) is 40.0 Å². The molecule has 17 heavy (non-hydrogen) atoms.